The highest BCUT2D eigenvalue weighted by molar-refractivity contribution is 6.13. The van der Waals surface area contributed by atoms with E-state index in [1.165, 1.54) is 47.1 Å². The van der Waals surface area contributed by atoms with Gasteiger partial charge in [0.25, 0.3) is 0 Å². The number of hydrogen-bond donors (Lipinski definition) is 0. The maximum atomic E-state index is 12.8. The molecule has 0 aromatic heterocycles. The number of ketones is 6. The lowest BCUT2D eigenvalue weighted by atomic mass is 9.88. The van der Waals surface area contributed by atoms with Gasteiger partial charge >= 0.3 is 0 Å². The van der Waals surface area contributed by atoms with Gasteiger partial charge in [-0.2, -0.15) is 0 Å². The summed E-state index contributed by atoms with van der Waals surface area (Å²) in [5.41, 5.74) is 14.8. The van der Waals surface area contributed by atoms with Crippen LogP contribution in [0.5, 0.6) is 17.2 Å². The van der Waals surface area contributed by atoms with Crippen LogP contribution < -0.4 is 14.2 Å². The molecule has 9 nitrogen and oxygen atoms in total. The lowest BCUT2D eigenvalue weighted by molar-refractivity contribution is -0.115. The summed E-state index contributed by atoms with van der Waals surface area (Å²) in [4.78, 5) is 66.3. The SMILES string of the molecule is CC(C)=O.CC(C)=O.CC(C)=O.COc1c(C)c(C)c(C)c(C(=O)c2ccccc2)c1C.COc1c(C)c(C)c(C)c(C)c1C(=O)c1ccccc1.COc1cc(C)c(C(=O)c2ccccc2)cc1C. The van der Waals surface area contributed by atoms with Crippen LogP contribution in [0.1, 0.15) is 145 Å². The largest absolute Gasteiger partial charge is 0.496 e. The number of aryl methyl sites for hydroxylation is 2. The minimum atomic E-state index is 0.0196. The van der Waals surface area contributed by atoms with Crippen LogP contribution in [0, 0.1) is 69.2 Å². The van der Waals surface area contributed by atoms with Crippen LogP contribution in [0.25, 0.3) is 0 Å². The van der Waals surface area contributed by atoms with E-state index in [0.717, 1.165) is 72.7 Å². The van der Waals surface area contributed by atoms with Gasteiger partial charge < -0.3 is 28.6 Å². The molecule has 9 heteroatoms. The van der Waals surface area contributed by atoms with Crippen molar-refractivity contribution >= 4 is 34.7 Å². The average Bonchev–Trinajstić information content (AvgIpc) is 3.32. The van der Waals surface area contributed by atoms with Crippen LogP contribution in [0.4, 0.5) is 0 Å². The van der Waals surface area contributed by atoms with Gasteiger partial charge in [-0.25, -0.2) is 0 Å². The van der Waals surface area contributed by atoms with Crippen molar-refractivity contribution in [2.45, 2.75) is 111 Å². The highest BCUT2D eigenvalue weighted by Crippen LogP contribution is 2.35. The first-order valence-electron chi connectivity index (χ1n) is 22.9. The molecular formula is C61H74O9. The molecule has 0 saturated heterocycles. The van der Waals surface area contributed by atoms with Crippen LogP contribution in [0.3, 0.4) is 0 Å². The Labute approximate surface area is 417 Å². The molecule has 0 heterocycles. The van der Waals surface area contributed by atoms with Crippen LogP contribution in [-0.2, 0) is 14.4 Å². The topological polar surface area (TPSA) is 130 Å². The molecule has 0 radical (unpaired) electrons. The molecule has 0 saturated carbocycles. The molecule has 0 fully saturated rings. The summed E-state index contributed by atoms with van der Waals surface area (Å²) in [6, 6.07) is 31.9. The number of Topliss-reactive ketones (excluding diaryl/α,β-unsaturated/α-hetero) is 3. The van der Waals surface area contributed by atoms with Gasteiger partial charge in [-0.05, 0) is 173 Å². The Balaban J connectivity index is 0.000000470. The smallest absolute Gasteiger partial charge is 0.197 e. The summed E-state index contributed by atoms with van der Waals surface area (Å²) >= 11 is 0. The molecule has 372 valence electrons. The average molecular weight is 951 g/mol. The normalized spacial score (nSPS) is 9.70. The van der Waals surface area contributed by atoms with Crippen LogP contribution >= 0.6 is 0 Å². The Hall–Kier alpha value is -7.26. The zero-order valence-electron chi connectivity index (χ0n) is 45.0. The summed E-state index contributed by atoms with van der Waals surface area (Å²) < 4.78 is 16.3. The fourth-order valence-corrected chi connectivity index (χ4v) is 7.24. The van der Waals surface area contributed by atoms with Crippen molar-refractivity contribution in [2.75, 3.05) is 21.3 Å². The number of ether oxygens (including phenoxy) is 3. The van der Waals surface area contributed by atoms with E-state index < -0.39 is 0 Å². The predicted molar refractivity (Wildman–Crippen MR) is 285 cm³/mol. The standard InChI is InChI=1S/2C18H20O2.C16H16O2.3C3H6O/c1-11-12(2)16(14(4)18(20-5)13(11)3)17(19)15-9-7-6-8-10-15;1-11-12(2)14(4)18(20-5)16(13(11)3)17(19)15-9-7-6-8-10-15;1-11-10-15(18-3)12(2)9-14(11)16(17)13-7-5-4-6-8-13;3*1-3(2)4/h2*6-10H,1-5H3;4-10H,1-3H3;3*1-2H3. The van der Waals surface area contributed by atoms with Gasteiger partial charge in [-0.1, -0.05) is 91.0 Å². The molecule has 0 aliphatic heterocycles. The predicted octanol–water partition coefficient (Wildman–Crippen LogP) is 13.6. The van der Waals surface area contributed by atoms with E-state index in [4.69, 9.17) is 14.2 Å². The van der Waals surface area contributed by atoms with Crippen molar-refractivity contribution in [1.29, 1.82) is 0 Å². The fraction of sp³-hybridized carbons (Fsp3) is 0.311. The van der Waals surface area contributed by atoms with Crippen molar-refractivity contribution in [3.05, 3.63) is 192 Å². The zero-order valence-corrected chi connectivity index (χ0v) is 45.0. The second kappa shape index (κ2) is 29.6. The molecule has 0 spiro atoms. The van der Waals surface area contributed by atoms with Crippen molar-refractivity contribution in [2.24, 2.45) is 0 Å². The number of carbonyl (C=O) groups is 6. The molecule has 0 aliphatic rings. The lowest BCUT2D eigenvalue weighted by Crippen LogP contribution is -2.10. The number of methoxy groups -OCH3 is 3. The minimum Gasteiger partial charge on any atom is -0.496 e. The molecule has 6 aromatic rings. The van der Waals surface area contributed by atoms with Gasteiger partial charge in [0.05, 0.1) is 26.9 Å². The van der Waals surface area contributed by atoms with E-state index in [1.54, 1.807) is 21.3 Å². The lowest BCUT2D eigenvalue weighted by Gasteiger charge is -2.19. The van der Waals surface area contributed by atoms with E-state index >= 15 is 0 Å². The second-order valence-electron chi connectivity index (χ2n) is 17.3. The van der Waals surface area contributed by atoms with Gasteiger partial charge in [-0.3, -0.25) is 14.4 Å². The summed E-state index contributed by atoms with van der Waals surface area (Å²) in [5.74, 6) is 2.95. The molecule has 70 heavy (non-hydrogen) atoms. The molecule has 0 atom stereocenters. The Kier molecular flexibility index (Phi) is 25.7. The zero-order chi connectivity index (χ0) is 53.6. The van der Waals surface area contributed by atoms with Crippen molar-refractivity contribution < 1.29 is 43.0 Å². The van der Waals surface area contributed by atoms with E-state index in [2.05, 4.69) is 13.8 Å². The van der Waals surface area contributed by atoms with Crippen LogP contribution in [-0.4, -0.2) is 56.0 Å². The summed E-state index contributed by atoms with van der Waals surface area (Å²) in [7, 11) is 4.92. The van der Waals surface area contributed by atoms with Gasteiger partial charge in [0, 0.05) is 33.4 Å². The molecular weight excluding hydrogens is 877 g/mol. The third kappa shape index (κ3) is 17.7. The highest BCUT2D eigenvalue weighted by Gasteiger charge is 2.23. The highest BCUT2D eigenvalue weighted by atomic mass is 16.5. The van der Waals surface area contributed by atoms with Gasteiger partial charge in [0.2, 0.25) is 0 Å². The molecule has 0 aliphatic carbocycles. The summed E-state index contributed by atoms with van der Waals surface area (Å²) in [6.45, 7) is 29.2. The van der Waals surface area contributed by atoms with Crippen molar-refractivity contribution in [1.82, 2.24) is 0 Å². The third-order valence-electron chi connectivity index (χ3n) is 11.1. The van der Waals surface area contributed by atoms with Gasteiger partial charge in [0.15, 0.2) is 17.3 Å². The first-order valence-corrected chi connectivity index (χ1v) is 22.9. The fourth-order valence-electron chi connectivity index (χ4n) is 7.24. The van der Waals surface area contributed by atoms with E-state index in [0.29, 0.717) is 28.0 Å². The van der Waals surface area contributed by atoms with E-state index in [-0.39, 0.29) is 34.7 Å². The quantitative estimate of drug-likeness (QED) is 0.130. The first kappa shape index (κ1) is 60.8. The Morgan fingerprint density at radius 1 is 0.329 bits per heavy atom. The molecule has 0 unspecified atom stereocenters. The molecule has 0 amide bonds. The van der Waals surface area contributed by atoms with E-state index in [9.17, 15) is 28.8 Å². The number of hydrogen-bond acceptors (Lipinski definition) is 9. The van der Waals surface area contributed by atoms with Gasteiger partial charge in [-0.15, -0.1) is 0 Å². The van der Waals surface area contributed by atoms with Crippen LogP contribution in [0.2, 0.25) is 0 Å². The molecule has 0 N–H and O–H groups in total. The molecule has 6 aromatic carbocycles. The van der Waals surface area contributed by atoms with Crippen LogP contribution in [0.15, 0.2) is 103 Å². The summed E-state index contributed by atoms with van der Waals surface area (Å²) in [6.07, 6.45) is 0. The number of benzene rings is 6. The number of carbonyl (C=O) groups excluding carboxylic acids is 6. The van der Waals surface area contributed by atoms with E-state index in [1.807, 2.05) is 159 Å². The minimum absolute atomic E-state index is 0.0196. The van der Waals surface area contributed by atoms with Crippen molar-refractivity contribution in [3.8, 4) is 17.2 Å². The molecule has 0 bridgehead atoms. The van der Waals surface area contributed by atoms with Crippen molar-refractivity contribution in [3.63, 3.8) is 0 Å². The second-order valence-corrected chi connectivity index (χ2v) is 17.3. The Morgan fingerprint density at radius 2 is 0.643 bits per heavy atom. The molecule has 6 rings (SSSR count). The number of rotatable bonds is 9. The maximum absolute atomic E-state index is 12.8. The third-order valence-corrected chi connectivity index (χ3v) is 11.1. The first-order chi connectivity index (χ1) is 32.8. The van der Waals surface area contributed by atoms with Gasteiger partial charge in [0.1, 0.15) is 34.6 Å². The Morgan fingerprint density at radius 3 is 1.01 bits per heavy atom. The monoisotopic (exact) mass is 951 g/mol. The summed E-state index contributed by atoms with van der Waals surface area (Å²) in [5, 5.41) is 0. The maximum Gasteiger partial charge on any atom is 0.197 e. The Bertz CT molecular complexity index is 2710.